The Balaban J connectivity index is 2.36. The zero-order chi connectivity index (χ0) is 13.4. The third kappa shape index (κ3) is 4.99. The first-order valence-electron chi connectivity index (χ1n) is 6.12. The smallest absolute Gasteiger partial charge is 0.257 e. The molecule has 0 saturated heterocycles. The molecule has 0 spiro atoms. The summed E-state index contributed by atoms with van der Waals surface area (Å²) in [5.74, 6) is 1.82. The summed E-state index contributed by atoms with van der Waals surface area (Å²) in [7, 11) is -3.42. The fourth-order valence-electron chi connectivity index (χ4n) is 1.49. The molecule has 0 radical (unpaired) electrons. The average molecular weight is 291 g/mol. The van der Waals surface area contributed by atoms with Crippen LogP contribution < -0.4 is 4.72 Å². The zero-order valence-electron chi connectivity index (χ0n) is 10.9. The highest BCUT2D eigenvalue weighted by molar-refractivity contribution is 7.98. The van der Waals surface area contributed by atoms with Crippen molar-refractivity contribution in [1.82, 2.24) is 14.7 Å². The molecule has 0 fully saturated rings. The molecule has 1 heterocycles. The van der Waals surface area contributed by atoms with Gasteiger partial charge in [-0.15, -0.1) is 0 Å². The van der Waals surface area contributed by atoms with E-state index in [1.54, 1.807) is 0 Å². The number of aromatic nitrogens is 2. The molecule has 0 atom stereocenters. The SMILES string of the molecule is CCc1ncc(S(=O)(=O)NCCCCCSC)[nH]1. The number of nitrogens with one attached hydrogen (secondary N) is 2. The summed E-state index contributed by atoms with van der Waals surface area (Å²) in [5.41, 5.74) is 0. The summed E-state index contributed by atoms with van der Waals surface area (Å²) in [6, 6.07) is 0. The van der Waals surface area contributed by atoms with E-state index in [2.05, 4.69) is 20.9 Å². The molecular weight excluding hydrogens is 270 g/mol. The Labute approximate surface area is 113 Å². The third-order valence-electron chi connectivity index (χ3n) is 2.55. The van der Waals surface area contributed by atoms with Gasteiger partial charge in [0.15, 0.2) is 5.03 Å². The second-order valence-corrected chi connectivity index (χ2v) is 6.72. The number of thioether (sulfide) groups is 1. The van der Waals surface area contributed by atoms with Gasteiger partial charge in [-0.05, 0) is 24.9 Å². The Morgan fingerprint density at radius 2 is 2.17 bits per heavy atom. The minimum atomic E-state index is -3.42. The van der Waals surface area contributed by atoms with Gasteiger partial charge in [0, 0.05) is 13.0 Å². The number of rotatable bonds is 9. The van der Waals surface area contributed by atoms with Gasteiger partial charge in [-0.25, -0.2) is 18.1 Å². The maximum absolute atomic E-state index is 11.9. The molecule has 0 unspecified atom stereocenters. The number of nitrogens with zero attached hydrogens (tertiary/aromatic N) is 1. The molecule has 0 aliphatic carbocycles. The van der Waals surface area contributed by atoms with Gasteiger partial charge in [0.2, 0.25) is 0 Å². The summed E-state index contributed by atoms with van der Waals surface area (Å²) >= 11 is 1.82. The van der Waals surface area contributed by atoms with Crippen LogP contribution in [0.15, 0.2) is 11.2 Å². The van der Waals surface area contributed by atoms with Crippen LogP contribution in [0.5, 0.6) is 0 Å². The lowest BCUT2D eigenvalue weighted by atomic mass is 10.2. The molecule has 0 aliphatic rings. The van der Waals surface area contributed by atoms with Crippen LogP contribution >= 0.6 is 11.8 Å². The van der Waals surface area contributed by atoms with E-state index >= 15 is 0 Å². The van der Waals surface area contributed by atoms with Crippen LogP contribution in [-0.4, -0.2) is 36.9 Å². The van der Waals surface area contributed by atoms with Crippen LogP contribution in [0.3, 0.4) is 0 Å². The number of imidazole rings is 1. The second kappa shape index (κ2) is 7.81. The van der Waals surface area contributed by atoms with Gasteiger partial charge in [-0.3, -0.25) is 0 Å². The molecule has 1 aromatic rings. The molecule has 0 aliphatic heterocycles. The average Bonchev–Trinajstić information content (AvgIpc) is 2.83. The summed E-state index contributed by atoms with van der Waals surface area (Å²) in [6.07, 6.45) is 7.19. The number of aryl methyl sites for hydroxylation is 1. The molecule has 104 valence electrons. The highest BCUT2D eigenvalue weighted by Crippen LogP contribution is 2.06. The van der Waals surface area contributed by atoms with E-state index in [9.17, 15) is 8.42 Å². The van der Waals surface area contributed by atoms with Crippen molar-refractivity contribution in [2.45, 2.75) is 37.6 Å². The predicted octanol–water partition coefficient (Wildman–Crippen LogP) is 1.78. The van der Waals surface area contributed by atoms with Crippen molar-refractivity contribution < 1.29 is 8.42 Å². The Hall–Kier alpha value is -0.530. The molecule has 0 amide bonds. The van der Waals surface area contributed by atoms with E-state index in [0.29, 0.717) is 18.8 Å². The molecule has 0 bridgehead atoms. The monoisotopic (exact) mass is 291 g/mol. The van der Waals surface area contributed by atoms with Crippen LogP contribution in [0.25, 0.3) is 0 Å². The summed E-state index contributed by atoms with van der Waals surface area (Å²) < 4.78 is 26.3. The first-order chi connectivity index (χ1) is 8.60. The third-order valence-corrected chi connectivity index (χ3v) is 4.61. The first-order valence-corrected chi connectivity index (χ1v) is 9.00. The number of aromatic amines is 1. The Morgan fingerprint density at radius 1 is 1.39 bits per heavy atom. The van der Waals surface area contributed by atoms with Crippen molar-refractivity contribution in [3.8, 4) is 0 Å². The fraction of sp³-hybridized carbons (Fsp3) is 0.727. The van der Waals surface area contributed by atoms with E-state index in [4.69, 9.17) is 0 Å². The van der Waals surface area contributed by atoms with Crippen molar-refractivity contribution in [1.29, 1.82) is 0 Å². The predicted molar refractivity (Wildman–Crippen MR) is 75.4 cm³/mol. The standard InChI is InChI=1S/C11H21N3O2S2/c1-3-10-12-9-11(14-10)18(15,16)13-7-5-4-6-8-17-2/h9,13H,3-8H2,1-2H3,(H,12,14). The first kappa shape index (κ1) is 15.5. The molecule has 18 heavy (non-hydrogen) atoms. The molecule has 0 saturated carbocycles. The van der Waals surface area contributed by atoms with E-state index in [-0.39, 0.29) is 5.03 Å². The molecule has 7 heteroatoms. The summed E-state index contributed by atoms with van der Waals surface area (Å²) in [4.78, 5) is 6.79. The number of unbranched alkanes of at least 4 members (excludes halogenated alkanes) is 2. The topological polar surface area (TPSA) is 74.8 Å². The molecule has 1 aromatic heterocycles. The van der Waals surface area contributed by atoms with Crippen LogP contribution in [0, 0.1) is 0 Å². The van der Waals surface area contributed by atoms with Crippen LogP contribution in [0.4, 0.5) is 0 Å². The van der Waals surface area contributed by atoms with Crippen molar-refractivity contribution in [2.75, 3.05) is 18.6 Å². The van der Waals surface area contributed by atoms with Gasteiger partial charge in [-0.2, -0.15) is 11.8 Å². The summed E-state index contributed by atoms with van der Waals surface area (Å²) in [5, 5.41) is 0.156. The number of hydrogen-bond acceptors (Lipinski definition) is 4. The van der Waals surface area contributed by atoms with Gasteiger partial charge in [0.1, 0.15) is 5.82 Å². The van der Waals surface area contributed by atoms with Gasteiger partial charge in [0.25, 0.3) is 10.0 Å². The number of sulfonamides is 1. The van der Waals surface area contributed by atoms with Gasteiger partial charge in [0.05, 0.1) is 6.20 Å². The number of H-pyrrole nitrogens is 1. The molecule has 2 N–H and O–H groups in total. The van der Waals surface area contributed by atoms with Crippen LogP contribution in [0.1, 0.15) is 32.0 Å². The van der Waals surface area contributed by atoms with Crippen LogP contribution in [-0.2, 0) is 16.4 Å². The van der Waals surface area contributed by atoms with Gasteiger partial charge in [-0.1, -0.05) is 13.3 Å². The molecule has 0 aromatic carbocycles. The summed E-state index contributed by atoms with van der Waals surface area (Å²) in [6.45, 7) is 2.41. The Morgan fingerprint density at radius 3 is 2.78 bits per heavy atom. The fourth-order valence-corrected chi connectivity index (χ4v) is 3.00. The zero-order valence-corrected chi connectivity index (χ0v) is 12.5. The van der Waals surface area contributed by atoms with E-state index < -0.39 is 10.0 Å². The lowest BCUT2D eigenvalue weighted by Crippen LogP contribution is -2.25. The van der Waals surface area contributed by atoms with E-state index in [0.717, 1.165) is 25.0 Å². The van der Waals surface area contributed by atoms with Crippen LogP contribution in [0.2, 0.25) is 0 Å². The quantitative estimate of drug-likeness (QED) is 0.680. The van der Waals surface area contributed by atoms with Crippen molar-refractivity contribution >= 4 is 21.8 Å². The van der Waals surface area contributed by atoms with Crippen molar-refractivity contribution in [3.05, 3.63) is 12.0 Å². The molecule has 5 nitrogen and oxygen atoms in total. The minimum Gasteiger partial charge on any atom is -0.332 e. The second-order valence-electron chi connectivity index (χ2n) is 4.00. The highest BCUT2D eigenvalue weighted by atomic mass is 32.2. The maximum Gasteiger partial charge on any atom is 0.257 e. The van der Waals surface area contributed by atoms with Crippen molar-refractivity contribution in [3.63, 3.8) is 0 Å². The Bertz CT molecular complexity index is 443. The lowest BCUT2D eigenvalue weighted by molar-refractivity contribution is 0.573. The largest absolute Gasteiger partial charge is 0.332 e. The maximum atomic E-state index is 11.9. The normalized spacial score (nSPS) is 11.9. The van der Waals surface area contributed by atoms with E-state index in [1.165, 1.54) is 6.20 Å². The molecule has 1 rings (SSSR count). The van der Waals surface area contributed by atoms with Gasteiger partial charge < -0.3 is 4.98 Å². The van der Waals surface area contributed by atoms with Gasteiger partial charge >= 0.3 is 0 Å². The minimum absolute atomic E-state index is 0.156. The van der Waals surface area contributed by atoms with Crippen molar-refractivity contribution in [2.24, 2.45) is 0 Å². The highest BCUT2D eigenvalue weighted by Gasteiger charge is 2.15. The van der Waals surface area contributed by atoms with E-state index in [1.807, 2.05) is 18.7 Å². The Kier molecular flexibility index (Phi) is 6.73. The number of hydrogen-bond donors (Lipinski definition) is 2. The molecular formula is C11H21N3O2S2. The lowest BCUT2D eigenvalue weighted by Gasteiger charge is -2.04.